The number of hydrogen-bond donors (Lipinski definition) is 3. The molecule has 0 spiro atoms. The molecule has 2 aliphatic rings. The molecule has 3 unspecified atom stereocenters. The molecule has 1 saturated heterocycles. The summed E-state index contributed by atoms with van der Waals surface area (Å²) in [4.78, 5) is 24.5. The monoisotopic (exact) mass is 316 g/mol. The van der Waals surface area contributed by atoms with Crippen molar-refractivity contribution in [3.8, 4) is 0 Å². The van der Waals surface area contributed by atoms with Gasteiger partial charge in [0.25, 0.3) is 5.91 Å². The van der Waals surface area contributed by atoms with Gasteiger partial charge in [0, 0.05) is 12.1 Å². The lowest BCUT2D eigenvalue weighted by atomic mass is 9.87. The van der Waals surface area contributed by atoms with Gasteiger partial charge in [-0.3, -0.25) is 9.59 Å². The van der Waals surface area contributed by atoms with Gasteiger partial charge in [0.1, 0.15) is 6.04 Å². The summed E-state index contributed by atoms with van der Waals surface area (Å²) in [6.45, 7) is 4.07. The first kappa shape index (κ1) is 16.0. The first-order chi connectivity index (χ1) is 11.0. The van der Waals surface area contributed by atoms with Crippen molar-refractivity contribution in [2.75, 3.05) is 5.32 Å². The first-order valence-corrected chi connectivity index (χ1v) is 8.55. The molecular formula is C18H26N3O2+. The summed E-state index contributed by atoms with van der Waals surface area (Å²) < 4.78 is 0. The van der Waals surface area contributed by atoms with Crippen molar-refractivity contribution in [3.05, 3.63) is 29.3 Å². The molecule has 23 heavy (non-hydrogen) atoms. The van der Waals surface area contributed by atoms with Crippen molar-refractivity contribution < 1.29 is 14.9 Å². The van der Waals surface area contributed by atoms with E-state index in [1.807, 2.05) is 32.0 Å². The molecule has 1 aliphatic carbocycles. The zero-order valence-corrected chi connectivity index (χ0v) is 13.9. The average molecular weight is 316 g/mol. The van der Waals surface area contributed by atoms with E-state index in [4.69, 9.17) is 0 Å². The normalized spacial score (nSPS) is 27.0. The van der Waals surface area contributed by atoms with Gasteiger partial charge in [-0.2, -0.15) is 0 Å². The summed E-state index contributed by atoms with van der Waals surface area (Å²) in [7, 11) is 0. The summed E-state index contributed by atoms with van der Waals surface area (Å²) in [6.07, 6.45) is 4.82. The molecule has 2 amide bonds. The number of piperazine rings is 1. The molecule has 5 heteroatoms. The maximum atomic E-state index is 12.3. The quantitative estimate of drug-likeness (QED) is 0.778. The molecule has 1 aromatic rings. The van der Waals surface area contributed by atoms with Crippen LogP contribution in [0.2, 0.25) is 0 Å². The molecule has 1 heterocycles. The van der Waals surface area contributed by atoms with Crippen LogP contribution in [0.15, 0.2) is 18.2 Å². The lowest BCUT2D eigenvalue weighted by molar-refractivity contribution is -0.718. The predicted octanol–water partition coefficient (Wildman–Crippen LogP) is 1.01. The summed E-state index contributed by atoms with van der Waals surface area (Å²) in [5, 5.41) is 8.13. The fraction of sp³-hybridized carbons (Fsp3) is 0.556. The van der Waals surface area contributed by atoms with Crippen molar-refractivity contribution in [2.24, 2.45) is 0 Å². The van der Waals surface area contributed by atoms with Gasteiger partial charge in [-0.05, 0) is 49.9 Å². The molecule has 1 saturated carbocycles. The van der Waals surface area contributed by atoms with Crippen molar-refractivity contribution in [1.82, 2.24) is 5.32 Å². The highest BCUT2D eigenvalue weighted by molar-refractivity contribution is 5.95. The Hall–Kier alpha value is -1.88. The number of anilines is 1. The Kier molecular flexibility index (Phi) is 4.66. The minimum absolute atomic E-state index is 0.00314. The lowest BCUT2D eigenvalue weighted by Gasteiger charge is -2.37. The summed E-state index contributed by atoms with van der Waals surface area (Å²) in [5.41, 5.74) is 3.14. The Labute approximate surface area is 137 Å². The molecule has 2 fully saturated rings. The van der Waals surface area contributed by atoms with E-state index < -0.39 is 0 Å². The van der Waals surface area contributed by atoms with Crippen LogP contribution in [-0.2, 0) is 9.59 Å². The number of nitrogens with two attached hydrogens (primary N) is 1. The van der Waals surface area contributed by atoms with E-state index in [1.165, 1.54) is 18.4 Å². The van der Waals surface area contributed by atoms with Gasteiger partial charge in [0.2, 0.25) is 5.91 Å². The second-order valence-electron chi connectivity index (χ2n) is 6.91. The van der Waals surface area contributed by atoms with Crippen LogP contribution >= 0.6 is 0 Å². The summed E-state index contributed by atoms with van der Waals surface area (Å²) in [6, 6.07) is 6.28. The Bertz CT molecular complexity index is 614. The van der Waals surface area contributed by atoms with E-state index in [0.29, 0.717) is 6.04 Å². The summed E-state index contributed by atoms with van der Waals surface area (Å²) >= 11 is 0. The first-order valence-electron chi connectivity index (χ1n) is 8.55. The number of benzene rings is 1. The number of rotatable bonds is 3. The molecule has 124 valence electrons. The molecule has 0 aromatic heterocycles. The van der Waals surface area contributed by atoms with Crippen LogP contribution in [0.4, 0.5) is 5.69 Å². The Morgan fingerprint density at radius 3 is 2.83 bits per heavy atom. The van der Waals surface area contributed by atoms with Gasteiger partial charge in [-0.1, -0.05) is 12.5 Å². The number of aryl methyl sites for hydroxylation is 2. The maximum Gasteiger partial charge on any atom is 0.279 e. The van der Waals surface area contributed by atoms with Crippen LogP contribution in [0.1, 0.15) is 43.2 Å². The maximum absolute atomic E-state index is 12.3. The van der Waals surface area contributed by atoms with Gasteiger partial charge in [-0.15, -0.1) is 0 Å². The van der Waals surface area contributed by atoms with E-state index >= 15 is 0 Å². The second kappa shape index (κ2) is 6.71. The number of carbonyl (C=O) groups excluding carboxylic acids is 2. The van der Waals surface area contributed by atoms with Crippen LogP contribution in [0, 0.1) is 13.8 Å². The van der Waals surface area contributed by atoms with Gasteiger partial charge in [0.15, 0.2) is 6.04 Å². The fourth-order valence-corrected chi connectivity index (χ4v) is 3.64. The third-order valence-electron chi connectivity index (χ3n) is 5.16. The Morgan fingerprint density at radius 1 is 1.26 bits per heavy atom. The van der Waals surface area contributed by atoms with E-state index in [-0.39, 0.29) is 30.3 Å². The lowest BCUT2D eigenvalue weighted by Crippen LogP contribution is -3.03. The van der Waals surface area contributed by atoms with Crippen molar-refractivity contribution in [3.63, 3.8) is 0 Å². The van der Waals surface area contributed by atoms with Gasteiger partial charge >= 0.3 is 0 Å². The Morgan fingerprint density at radius 2 is 2.04 bits per heavy atom. The number of nitrogens with one attached hydrogen (secondary N) is 2. The SMILES string of the molecule is Cc1ccc(NC(=O)CC2[NH2+]C3CCCCC3NC2=O)cc1C. The standard InChI is InChI=1S/C18H25N3O2/c1-11-7-8-13(9-12(11)2)19-17(22)10-16-18(23)21-15-6-4-3-5-14(15)20-16/h7-9,14-16,20H,3-6,10H2,1-2H3,(H,19,22)(H,21,23)/p+1. The molecule has 0 bridgehead atoms. The minimum Gasteiger partial charge on any atom is -0.342 e. The molecule has 5 nitrogen and oxygen atoms in total. The minimum atomic E-state index is -0.305. The topological polar surface area (TPSA) is 74.8 Å². The zero-order valence-electron chi connectivity index (χ0n) is 13.9. The van der Waals surface area contributed by atoms with Crippen LogP contribution in [0.25, 0.3) is 0 Å². The van der Waals surface area contributed by atoms with Crippen LogP contribution in [0.5, 0.6) is 0 Å². The molecule has 3 rings (SSSR count). The highest BCUT2D eigenvalue weighted by atomic mass is 16.2. The fourth-order valence-electron chi connectivity index (χ4n) is 3.64. The molecule has 4 N–H and O–H groups in total. The summed E-state index contributed by atoms with van der Waals surface area (Å²) in [5.74, 6) is -0.0951. The number of fused-ring (bicyclic) bond motifs is 1. The van der Waals surface area contributed by atoms with E-state index in [0.717, 1.165) is 24.1 Å². The van der Waals surface area contributed by atoms with Crippen molar-refractivity contribution in [1.29, 1.82) is 0 Å². The van der Waals surface area contributed by atoms with E-state index in [2.05, 4.69) is 16.0 Å². The molecule has 1 aromatic carbocycles. The van der Waals surface area contributed by atoms with Crippen LogP contribution < -0.4 is 16.0 Å². The smallest absolute Gasteiger partial charge is 0.279 e. The van der Waals surface area contributed by atoms with E-state index in [1.54, 1.807) is 0 Å². The number of carbonyl (C=O) groups is 2. The largest absolute Gasteiger partial charge is 0.342 e. The zero-order chi connectivity index (χ0) is 16.4. The van der Waals surface area contributed by atoms with Gasteiger partial charge in [0.05, 0.1) is 12.5 Å². The molecule has 0 radical (unpaired) electrons. The third-order valence-corrected chi connectivity index (χ3v) is 5.16. The number of amides is 2. The van der Waals surface area contributed by atoms with Gasteiger partial charge < -0.3 is 16.0 Å². The third kappa shape index (κ3) is 3.72. The van der Waals surface area contributed by atoms with Crippen molar-refractivity contribution >= 4 is 17.5 Å². The molecule has 3 atom stereocenters. The van der Waals surface area contributed by atoms with E-state index in [9.17, 15) is 9.59 Å². The number of hydrogen-bond acceptors (Lipinski definition) is 2. The number of quaternary nitrogens is 1. The Balaban J connectivity index is 1.58. The predicted molar refractivity (Wildman–Crippen MR) is 89.1 cm³/mol. The van der Waals surface area contributed by atoms with Crippen molar-refractivity contribution in [2.45, 2.75) is 64.1 Å². The highest BCUT2D eigenvalue weighted by Crippen LogP contribution is 2.19. The van der Waals surface area contributed by atoms with Crippen LogP contribution in [0.3, 0.4) is 0 Å². The highest BCUT2D eigenvalue weighted by Gasteiger charge is 2.40. The molecule has 1 aliphatic heterocycles. The second-order valence-corrected chi connectivity index (χ2v) is 6.91. The molecular weight excluding hydrogens is 290 g/mol. The van der Waals surface area contributed by atoms with Gasteiger partial charge in [-0.25, -0.2) is 0 Å². The average Bonchev–Trinajstić information content (AvgIpc) is 2.51. The van der Waals surface area contributed by atoms with Crippen LogP contribution in [-0.4, -0.2) is 29.9 Å².